The second-order valence-electron chi connectivity index (χ2n) is 8.08. The zero-order chi connectivity index (χ0) is 19.6. The molecule has 2 fully saturated rings. The van der Waals surface area contributed by atoms with Crippen LogP contribution in [0.15, 0.2) is 53.6 Å². The summed E-state index contributed by atoms with van der Waals surface area (Å²) in [5.41, 5.74) is 2.00. The van der Waals surface area contributed by atoms with Crippen molar-refractivity contribution >= 4 is 10.0 Å². The highest BCUT2D eigenvalue weighted by Gasteiger charge is 2.46. The minimum absolute atomic E-state index is 0.204. The SMILES string of the molecule is O=S(=O)(NCCc1ccccn1)c1ccc(C2CC2C(O)C2CCCC2)cc1. The maximum Gasteiger partial charge on any atom is 0.240 e. The normalized spacial score (nSPS) is 23.6. The number of hydrogen-bond donors (Lipinski definition) is 2. The van der Waals surface area contributed by atoms with E-state index >= 15 is 0 Å². The number of hydrogen-bond acceptors (Lipinski definition) is 4. The number of aliphatic hydroxyl groups is 1. The predicted octanol–water partition coefficient (Wildman–Crippen LogP) is 3.26. The Kier molecular flexibility index (Phi) is 5.80. The van der Waals surface area contributed by atoms with Crippen LogP contribution in [-0.2, 0) is 16.4 Å². The first-order valence-corrected chi connectivity index (χ1v) is 11.7. The molecule has 2 saturated carbocycles. The second kappa shape index (κ2) is 8.31. The molecule has 0 saturated heterocycles. The summed E-state index contributed by atoms with van der Waals surface area (Å²) in [6.45, 7) is 0.319. The van der Waals surface area contributed by atoms with Gasteiger partial charge in [0.1, 0.15) is 0 Å². The van der Waals surface area contributed by atoms with E-state index in [2.05, 4.69) is 9.71 Å². The summed E-state index contributed by atoms with van der Waals surface area (Å²) in [7, 11) is -3.52. The maximum atomic E-state index is 12.5. The molecule has 2 N–H and O–H groups in total. The van der Waals surface area contributed by atoms with Crippen LogP contribution < -0.4 is 4.72 Å². The molecule has 28 heavy (non-hydrogen) atoms. The summed E-state index contributed by atoms with van der Waals surface area (Å²) < 4.78 is 27.6. The number of pyridine rings is 1. The van der Waals surface area contributed by atoms with E-state index < -0.39 is 10.0 Å². The van der Waals surface area contributed by atoms with E-state index in [0.717, 1.165) is 30.5 Å². The van der Waals surface area contributed by atoms with Gasteiger partial charge in [-0.25, -0.2) is 13.1 Å². The third kappa shape index (κ3) is 4.45. The Bertz CT molecular complexity index is 878. The fourth-order valence-electron chi connectivity index (χ4n) is 4.46. The monoisotopic (exact) mass is 400 g/mol. The highest BCUT2D eigenvalue weighted by Crippen LogP contribution is 2.52. The van der Waals surface area contributed by atoms with Gasteiger partial charge in [0.25, 0.3) is 0 Å². The molecule has 0 aliphatic heterocycles. The van der Waals surface area contributed by atoms with Crippen LogP contribution in [-0.4, -0.2) is 31.2 Å². The molecule has 0 spiro atoms. The summed E-state index contributed by atoms with van der Waals surface area (Å²) in [4.78, 5) is 4.49. The molecule has 150 valence electrons. The Labute approximate surface area is 167 Å². The summed E-state index contributed by atoms with van der Waals surface area (Å²) >= 11 is 0. The first-order chi connectivity index (χ1) is 13.5. The lowest BCUT2D eigenvalue weighted by Gasteiger charge is -2.17. The van der Waals surface area contributed by atoms with Crippen molar-refractivity contribution in [3.8, 4) is 0 Å². The number of sulfonamides is 1. The van der Waals surface area contributed by atoms with Crippen molar-refractivity contribution in [2.75, 3.05) is 6.54 Å². The van der Waals surface area contributed by atoms with Gasteiger partial charge < -0.3 is 5.11 Å². The average Bonchev–Trinajstić information content (AvgIpc) is 3.32. The topological polar surface area (TPSA) is 79.3 Å². The molecule has 3 atom stereocenters. The fraction of sp³-hybridized carbons (Fsp3) is 0.500. The minimum Gasteiger partial charge on any atom is -0.393 e. The van der Waals surface area contributed by atoms with Gasteiger partial charge in [-0.05, 0) is 66.8 Å². The molecular weight excluding hydrogens is 372 g/mol. The van der Waals surface area contributed by atoms with Gasteiger partial charge in [-0.3, -0.25) is 4.98 Å². The Morgan fingerprint density at radius 2 is 1.86 bits per heavy atom. The van der Waals surface area contributed by atoms with E-state index in [0.29, 0.717) is 30.7 Å². The van der Waals surface area contributed by atoms with Crippen molar-refractivity contribution in [2.45, 2.75) is 55.4 Å². The van der Waals surface area contributed by atoms with Gasteiger partial charge in [0, 0.05) is 24.9 Å². The largest absolute Gasteiger partial charge is 0.393 e. The van der Waals surface area contributed by atoms with E-state index in [1.165, 1.54) is 12.8 Å². The molecule has 1 aromatic heterocycles. The first kappa shape index (κ1) is 19.6. The summed E-state index contributed by atoms with van der Waals surface area (Å²) in [5, 5.41) is 10.6. The van der Waals surface area contributed by atoms with Crippen molar-refractivity contribution in [2.24, 2.45) is 11.8 Å². The Balaban J connectivity index is 1.32. The highest BCUT2D eigenvalue weighted by molar-refractivity contribution is 7.89. The molecular formula is C22H28N2O3S. The van der Waals surface area contributed by atoms with Gasteiger partial charge >= 0.3 is 0 Å². The highest BCUT2D eigenvalue weighted by atomic mass is 32.2. The fourth-order valence-corrected chi connectivity index (χ4v) is 5.49. The lowest BCUT2D eigenvalue weighted by molar-refractivity contribution is 0.0874. The zero-order valence-electron chi connectivity index (χ0n) is 16.0. The molecule has 6 heteroatoms. The van der Waals surface area contributed by atoms with Crippen LogP contribution >= 0.6 is 0 Å². The molecule has 2 aliphatic rings. The second-order valence-corrected chi connectivity index (χ2v) is 9.85. The smallest absolute Gasteiger partial charge is 0.240 e. The van der Waals surface area contributed by atoms with E-state index in [1.807, 2.05) is 30.3 Å². The summed E-state index contributed by atoms with van der Waals surface area (Å²) in [6.07, 6.45) is 7.82. The lowest BCUT2D eigenvalue weighted by Crippen LogP contribution is -2.26. The van der Waals surface area contributed by atoms with Gasteiger partial charge in [0.15, 0.2) is 0 Å². The maximum absolute atomic E-state index is 12.5. The van der Waals surface area contributed by atoms with Gasteiger partial charge in [0.05, 0.1) is 11.0 Å². The van der Waals surface area contributed by atoms with Crippen LogP contribution in [0, 0.1) is 11.8 Å². The van der Waals surface area contributed by atoms with E-state index in [4.69, 9.17) is 0 Å². The Morgan fingerprint density at radius 3 is 2.54 bits per heavy atom. The standard InChI is InChI=1S/C22H28N2O3S/c25-22(17-5-1-2-6-17)21-15-20(21)16-8-10-19(11-9-16)28(26,27)24-14-12-18-7-3-4-13-23-18/h3-4,7-11,13,17,20-22,24-25H,1-2,5-6,12,14-15H2. The molecule has 4 rings (SSSR count). The van der Waals surface area contributed by atoms with Gasteiger partial charge in [-0.1, -0.05) is 31.0 Å². The van der Waals surface area contributed by atoms with Gasteiger partial charge in [-0.2, -0.15) is 0 Å². The van der Waals surface area contributed by atoms with E-state index in [1.54, 1.807) is 18.3 Å². The van der Waals surface area contributed by atoms with Crippen LogP contribution in [0.4, 0.5) is 0 Å². The Hall–Kier alpha value is -1.76. The average molecular weight is 401 g/mol. The molecule has 2 aromatic rings. The summed E-state index contributed by atoms with van der Waals surface area (Å²) in [5.74, 6) is 1.16. The van der Waals surface area contributed by atoms with Crippen molar-refractivity contribution in [3.63, 3.8) is 0 Å². The predicted molar refractivity (Wildman–Crippen MR) is 108 cm³/mol. The summed E-state index contributed by atoms with van der Waals surface area (Å²) in [6, 6.07) is 12.8. The van der Waals surface area contributed by atoms with Gasteiger partial charge in [-0.15, -0.1) is 0 Å². The molecule has 0 amide bonds. The van der Waals surface area contributed by atoms with Crippen molar-refractivity contribution in [3.05, 3.63) is 59.9 Å². The lowest BCUT2D eigenvalue weighted by atomic mass is 9.95. The molecule has 0 bridgehead atoms. The number of nitrogens with zero attached hydrogens (tertiary/aromatic N) is 1. The first-order valence-electron chi connectivity index (χ1n) is 10.2. The quantitative estimate of drug-likeness (QED) is 0.713. The number of rotatable bonds is 8. The van der Waals surface area contributed by atoms with Crippen molar-refractivity contribution in [1.29, 1.82) is 0 Å². The van der Waals surface area contributed by atoms with Gasteiger partial charge in [0.2, 0.25) is 10.0 Å². The van der Waals surface area contributed by atoms with Crippen LogP contribution in [0.5, 0.6) is 0 Å². The van der Waals surface area contributed by atoms with Crippen molar-refractivity contribution < 1.29 is 13.5 Å². The van der Waals surface area contributed by atoms with Crippen molar-refractivity contribution in [1.82, 2.24) is 9.71 Å². The molecule has 1 aromatic carbocycles. The number of aromatic nitrogens is 1. The zero-order valence-corrected chi connectivity index (χ0v) is 16.8. The van der Waals surface area contributed by atoms with Crippen LogP contribution in [0.1, 0.15) is 49.3 Å². The number of aliphatic hydroxyl groups excluding tert-OH is 1. The van der Waals surface area contributed by atoms with E-state index in [-0.39, 0.29) is 11.0 Å². The molecule has 2 aliphatic carbocycles. The van der Waals surface area contributed by atoms with Crippen LogP contribution in [0.3, 0.4) is 0 Å². The Morgan fingerprint density at radius 1 is 1.11 bits per heavy atom. The van der Waals surface area contributed by atoms with Crippen LogP contribution in [0.2, 0.25) is 0 Å². The number of benzene rings is 1. The van der Waals surface area contributed by atoms with Crippen LogP contribution in [0.25, 0.3) is 0 Å². The molecule has 0 radical (unpaired) electrons. The minimum atomic E-state index is -3.52. The van der Waals surface area contributed by atoms with E-state index in [9.17, 15) is 13.5 Å². The number of nitrogens with one attached hydrogen (secondary N) is 1. The third-order valence-electron chi connectivity index (χ3n) is 6.18. The third-order valence-corrected chi connectivity index (χ3v) is 7.66. The molecule has 1 heterocycles. The molecule has 5 nitrogen and oxygen atoms in total. The molecule has 3 unspecified atom stereocenters.